The average Bonchev–Trinajstić information content (AvgIpc) is 2.87. The fourth-order valence-corrected chi connectivity index (χ4v) is 5.76. The quantitative estimate of drug-likeness (QED) is 0.277. The molecule has 0 saturated heterocycles. The Kier molecular flexibility index (Phi) is 6.60. The maximum atomic E-state index is 3.84. The number of nitrogens with one attached hydrogen (secondary N) is 1. The Balaban J connectivity index is 1.46. The molecule has 0 atom stereocenters. The summed E-state index contributed by atoms with van der Waals surface area (Å²) in [6.45, 7) is 4.54. The van der Waals surface area contributed by atoms with Crippen LogP contribution >= 0.6 is 11.8 Å². The molecule has 1 nitrogen and oxygen atoms in total. The van der Waals surface area contributed by atoms with Gasteiger partial charge in [-0.3, -0.25) is 0 Å². The van der Waals surface area contributed by atoms with Crippen LogP contribution in [0, 0.1) is 0 Å². The van der Waals surface area contributed by atoms with Crippen molar-refractivity contribution in [2.24, 2.45) is 0 Å². The molecule has 5 rings (SSSR count). The van der Waals surface area contributed by atoms with Crippen LogP contribution in [0.25, 0.3) is 27.8 Å². The zero-order valence-electron chi connectivity index (χ0n) is 19.9. The Morgan fingerprint density at radius 1 is 0.647 bits per heavy atom. The molecule has 0 aliphatic carbocycles. The van der Waals surface area contributed by atoms with E-state index in [9.17, 15) is 0 Å². The highest BCUT2D eigenvalue weighted by molar-refractivity contribution is 7.99. The van der Waals surface area contributed by atoms with Crippen molar-refractivity contribution in [1.82, 2.24) is 0 Å². The molecular formula is C32H31NS. The molecule has 1 N–H and O–H groups in total. The Morgan fingerprint density at radius 2 is 1.26 bits per heavy atom. The normalized spacial score (nSPS) is 14.1. The third-order valence-electron chi connectivity index (χ3n) is 6.33. The second-order valence-corrected chi connectivity index (χ2v) is 10.5. The van der Waals surface area contributed by atoms with E-state index in [0.29, 0.717) is 0 Å². The third-order valence-corrected chi connectivity index (χ3v) is 7.34. The smallest absolute Gasteiger partial charge is 0.0506 e. The molecule has 0 unspecified atom stereocenters. The number of hydrogen-bond acceptors (Lipinski definition) is 2. The second-order valence-electron chi connectivity index (χ2n) is 9.44. The van der Waals surface area contributed by atoms with E-state index in [1.54, 1.807) is 0 Å². The number of thioether (sulfide) groups is 1. The molecule has 0 saturated carbocycles. The van der Waals surface area contributed by atoms with Crippen LogP contribution < -0.4 is 5.32 Å². The van der Waals surface area contributed by atoms with Crippen molar-refractivity contribution in [3.8, 4) is 22.3 Å². The van der Waals surface area contributed by atoms with Crippen molar-refractivity contribution in [3.05, 3.63) is 120 Å². The van der Waals surface area contributed by atoms with Gasteiger partial charge in [-0.2, -0.15) is 11.8 Å². The molecule has 0 bridgehead atoms. The first kappa shape index (κ1) is 22.6. The third kappa shape index (κ3) is 4.98. The molecule has 4 aromatic rings. The van der Waals surface area contributed by atoms with E-state index in [1.165, 1.54) is 44.6 Å². The van der Waals surface area contributed by atoms with Crippen molar-refractivity contribution in [1.29, 1.82) is 0 Å². The molecule has 0 aromatic heterocycles. The first-order chi connectivity index (χ1) is 16.6. The Labute approximate surface area is 207 Å². The molecule has 1 aliphatic rings. The highest BCUT2D eigenvalue weighted by Gasteiger charge is 2.27. The Bertz CT molecular complexity index is 1290. The zero-order chi connectivity index (χ0) is 23.4. The minimum atomic E-state index is -0.0971. The van der Waals surface area contributed by atoms with Gasteiger partial charge in [0.15, 0.2) is 0 Å². The number of aryl methyl sites for hydroxylation is 1. The van der Waals surface area contributed by atoms with E-state index in [1.807, 2.05) is 11.8 Å². The molecule has 4 aromatic carbocycles. The van der Waals surface area contributed by atoms with Gasteiger partial charge in [-0.1, -0.05) is 109 Å². The zero-order valence-corrected chi connectivity index (χ0v) is 20.7. The van der Waals surface area contributed by atoms with Crippen LogP contribution in [-0.4, -0.2) is 17.0 Å². The molecule has 2 heteroatoms. The first-order valence-electron chi connectivity index (χ1n) is 12.0. The van der Waals surface area contributed by atoms with Gasteiger partial charge < -0.3 is 5.32 Å². The first-order valence-corrected chi connectivity index (χ1v) is 13.2. The standard InChI is InChI=1S/C32H31NS/c1-32(2)22-26(23-34-21-20-24-12-5-3-6-13-24)28-18-11-19-30(31(28)33-32)29-17-10-9-16-27(29)25-14-7-4-8-15-25/h3-19,22,33H,20-21,23H2,1-2H3. The number of anilines is 1. The summed E-state index contributed by atoms with van der Waals surface area (Å²) in [7, 11) is 0. The van der Waals surface area contributed by atoms with Crippen molar-refractivity contribution in [3.63, 3.8) is 0 Å². The predicted molar refractivity (Wildman–Crippen MR) is 150 cm³/mol. The molecule has 0 spiro atoms. The van der Waals surface area contributed by atoms with E-state index in [4.69, 9.17) is 0 Å². The Morgan fingerprint density at radius 3 is 2.03 bits per heavy atom. The lowest BCUT2D eigenvalue weighted by molar-refractivity contribution is 0.708. The van der Waals surface area contributed by atoms with Crippen molar-refractivity contribution < 1.29 is 0 Å². The number of rotatable bonds is 7. The largest absolute Gasteiger partial charge is 0.376 e. The van der Waals surface area contributed by atoms with Crippen molar-refractivity contribution in [2.45, 2.75) is 25.8 Å². The number of para-hydroxylation sites is 1. The molecule has 0 fully saturated rings. The summed E-state index contributed by atoms with van der Waals surface area (Å²) in [4.78, 5) is 0. The van der Waals surface area contributed by atoms with Crippen LogP contribution in [0.4, 0.5) is 5.69 Å². The molecule has 1 aliphatic heterocycles. The fourth-order valence-electron chi connectivity index (χ4n) is 4.77. The van der Waals surface area contributed by atoms with Crippen molar-refractivity contribution in [2.75, 3.05) is 16.8 Å². The molecule has 34 heavy (non-hydrogen) atoms. The van der Waals surface area contributed by atoms with Crippen LogP contribution in [-0.2, 0) is 6.42 Å². The maximum Gasteiger partial charge on any atom is 0.0506 e. The van der Waals surface area contributed by atoms with Gasteiger partial charge in [0.25, 0.3) is 0 Å². The number of hydrogen-bond donors (Lipinski definition) is 1. The number of fused-ring (bicyclic) bond motifs is 1. The van der Waals surface area contributed by atoms with Gasteiger partial charge >= 0.3 is 0 Å². The van der Waals surface area contributed by atoms with Gasteiger partial charge in [0, 0.05) is 16.9 Å². The van der Waals surface area contributed by atoms with E-state index in [0.717, 1.165) is 17.9 Å². The van der Waals surface area contributed by atoms with Gasteiger partial charge in [-0.05, 0) is 53.8 Å². The molecule has 1 heterocycles. The van der Waals surface area contributed by atoms with Crippen molar-refractivity contribution >= 4 is 23.0 Å². The summed E-state index contributed by atoms with van der Waals surface area (Å²) >= 11 is 2.02. The van der Waals surface area contributed by atoms with E-state index in [2.05, 4.69) is 128 Å². The lowest BCUT2D eigenvalue weighted by Crippen LogP contribution is -2.32. The van der Waals surface area contributed by atoms with Gasteiger partial charge in [-0.25, -0.2) is 0 Å². The van der Waals surface area contributed by atoms with Crippen LogP contribution in [0.3, 0.4) is 0 Å². The molecule has 0 amide bonds. The van der Waals surface area contributed by atoms with Crippen LogP contribution in [0.5, 0.6) is 0 Å². The highest BCUT2D eigenvalue weighted by atomic mass is 32.2. The van der Waals surface area contributed by atoms with E-state index >= 15 is 0 Å². The molecular weight excluding hydrogens is 430 g/mol. The molecule has 170 valence electrons. The lowest BCUT2D eigenvalue weighted by Gasteiger charge is -2.34. The van der Waals surface area contributed by atoms with Gasteiger partial charge in [0.1, 0.15) is 0 Å². The minimum Gasteiger partial charge on any atom is -0.376 e. The van der Waals surface area contributed by atoms with Gasteiger partial charge in [0.05, 0.1) is 11.2 Å². The molecule has 0 radical (unpaired) electrons. The van der Waals surface area contributed by atoms with E-state index in [-0.39, 0.29) is 5.54 Å². The fraction of sp³-hybridized carbons (Fsp3) is 0.188. The maximum absolute atomic E-state index is 3.84. The van der Waals surface area contributed by atoms with Crippen LogP contribution in [0.2, 0.25) is 0 Å². The summed E-state index contributed by atoms with van der Waals surface area (Å²) in [6, 6.07) is 37.0. The summed E-state index contributed by atoms with van der Waals surface area (Å²) in [6.07, 6.45) is 3.52. The Hall–Kier alpha value is -3.23. The predicted octanol–water partition coefficient (Wildman–Crippen LogP) is 8.58. The highest BCUT2D eigenvalue weighted by Crippen LogP contribution is 2.44. The monoisotopic (exact) mass is 461 g/mol. The number of benzene rings is 4. The van der Waals surface area contributed by atoms with Gasteiger partial charge in [-0.15, -0.1) is 0 Å². The second kappa shape index (κ2) is 9.95. The van der Waals surface area contributed by atoms with Crippen LogP contribution in [0.15, 0.2) is 109 Å². The van der Waals surface area contributed by atoms with E-state index < -0.39 is 0 Å². The average molecular weight is 462 g/mol. The minimum absolute atomic E-state index is 0.0971. The summed E-state index contributed by atoms with van der Waals surface area (Å²) in [5.74, 6) is 2.15. The topological polar surface area (TPSA) is 12.0 Å². The van der Waals surface area contributed by atoms with Gasteiger partial charge in [0.2, 0.25) is 0 Å². The summed E-state index contributed by atoms with van der Waals surface area (Å²) in [5.41, 5.74) is 10.4. The SMILES string of the molecule is CC1(C)C=C(CSCCc2ccccc2)c2cccc(-c3ccccc3-c3ccccc3)c2N1. The summed E-state index contributed by atoms with van der Waals surface area (Å²) in [5, 5.41) is 3.84. The summed E-state index contributed by atoms with van der Waals surface area (Å²) < 4.78 is 0. The van der Waals surface area contributed by atoms with Crippen LogP contribution in [0.1, 0.15) is 25.0 Å². The lowest BCUT2D eigenvalue weighted by atomic mass is 9.86.